The summed E-state index contributed by atoms with van der Waals surface area (Å²) in [5.74, 6) is -0.151. The fourth-order valence-corrected chi connectivity index (χ4v) is 2.19. The summed E-state index contributed by atoms with van der Waals surface area (Å²) in [6.07, 6.45) is 2.18. The fraction of sp³-hybridized carbons (Fsp3) is 0.917. The molecule has 0 radical (unpaired) electrons. The highest BCUT2D eigenvalue weighted by molar-refractivity contribution is 5.75. The van der Waals surface area contributed by atoms with Crippen LogP contribution >= 0.6 is 0 Å². The second-order valence-corrected chi connectivity index (χ2v) is 4.59. The average molecular weight is 243 g/mol. The zero-order chi connectivity index (χ0) is 12.1. The lowest BCUT2D eigenvalue weighted by atomic mass is 10.2. The van der Waals surface area contributed by atoms with Gasteiger partial charge in [-0.05, 0) is 19.8 Å². The van der Waals surface area contributed by atoms with Crippen molar-refractivity contribution < 1.29 is 19.0 Å². The van der Waals surface area contributed by atoms with E-state index in [-0.39, 0.29) is 18.1 Å². The molecular weight excluding hydrogens is 222 g/mol. The van der Waals surface area contributed by atoms with Crippen LogP contribution in [-0.2, 0) is 19.0 Å². The molecule has 17 heavy (non-hydrogen) atoms. The molecule has 2 unspecified atom stereocenters. The SMILES string of the molecule is CC(C(=O)OCC1CCCO1)N1CCOCC1. The first-order chi connectivity index (χ1) is 8.27. The zero-order valence-corrected chi connectivity index (χ0v) is 10.4. The van der Waals surface area contributed by atoms with Crippen LogP contribution in [0.3, 0.4) is 0 Å². The Labute approximate surface area is 102 Å². The summed E-state index contributed by atoms with van der Waals surface area (Å²) in [6.45, 7) is 6.08. The third-order valence-electron chi connectivity index (χ3n) is 3.37. The van der Waals surface area contributed by atoms with Gasteiger partial charge in [0, 0.05) is 19.7 Å². The number of morpholine rings is 1. The van der Waals surface area contributed by atoms with E-state index in [1.165, 1.54) is 0 Å². The van der Waals surface area contributed by atoms with Gasteiger partial charge < -0.3 is 14.2 Å². The Kier molecular flexibility index (Phi) is 4.76. The van der Waals surface area contributed by atoms with Crippen molar-refractivity contribution in [2.75, 3.05) is 39.5 Å². The highest BCUT2D eigenvalue weighted by Crippen LogP contribution is 2.13. The van der Waals surface area contributed by atoms with Crippen LogP contribution in [0.5, 0.6) is 0 Å². The van der Waals surface area contributed by atoms with E-state index in [9.17, 15) is 4.79 Å². The van der Waals surface area contributed by atoms with Gasteiger partial charge in [0.15, 0.2) is 0 Å². The van der Waals surface area contributed by atoms with Gasteiger partial charge in [0.2, 0.25) is 0 Å². The number of esters is 1. The molecule has 0 N–H and O–H groups in total. The lowest BCUT2D eigenvalue weighted by Gasteiger charge is -2.30. The quantitative estimate of drug-likeness (QED) is 0.670. The van der Waals surface area contributed by atoms with Crippen molar-refractivity contribution in [3.63, 3.8) is 0 Å². The minimum absolute atomic E-state index is 0.107. The molecule has 0 amide bonds. The van der Waals surface area contributed by atoms with Gasteiger partial charge in [0.25, 0.3) is 0 Å². The van der Waals surface area contributed by atoms with Crippen molar-refractivity contribution in [2.45, 2.75) is 31.9 Å². The van der Waals surface area contributed by atoms with Crippen LogP contribution in [-0.4, -0.2) is 62.5 Å². The predicted octanol–water partition coefficient (Wildman–Crippen LogP) is 0.429. The normalized spacial score (nSPS) is 27.9. The van der Waals surface area contributed by atoms with Gasteiger partial charge >= 0.3 is 5.97 Å². The van der Waals surface area contributed by atoms with Crippen LogP contribution in [0.1, 0.15) is 19.8 Å². The summed E-state index contributed by atoms with van der Waals surface area (Å²) in [6, 6.07) is -0.180. The van der Waals surface area contributed by atoms with E-state index in [2.05, 4.69) is 4.90 Å². The molecule has 98 valence electrons. The molecule has 2 fully saturated rings. The van der Waals surface area contributed by atoms with Crippen molar-refractivity contribution in [1.29, 1.82) is 0 Å². The van der Waals surface area contributed by atoms with E-state index >= 15 is 0 Å². The van der Waals surface area contributed by atoms with Crippen LogP contribution in [0.4, 0.5) is 0 Å². The van der Waals surface area contributed by atoms with E-state index < -0.39 is 0 Å². The van der Waals surface area contributed by atoms with Crippen LogP contribution in [0.25, 0.3) is 0 Å². The number of ether oxygens (including phenoxy) is 3. The number of nitrogens with zero attached hydrogens (tertiary/aromatic N) is 1. The largest absolute Gasteiger partial charge is 0.462 e. The van der Waals surface area contributed by atoms with Crippen molar-refractivity contribution >= 4 is 5.97 Å². The van der Waals surface area contributed by atoms with Gasteiger partial charge in [0.1, 0.15) is 12.6 Å². The number of carbonyl (C=O) groups is 1. The molecule has 2 aliphatic heterocycles. The molecule has 2 rings (SSSR count). The van der Waals surface area contributed by atoms with Gasteiger partial charge in [-0.25, -0.2) is 0 Å². The Bertz CT molecular complexity index is 247. The van der Waals surface area contributed by atoms with Crippen molar-refractivity contribution in [2.24, 2.45) is 0 Å². The molecule has 2 atom stereocenters. The smallest absolute Gasteiger partial charge is 0.323 e. The third kappa shape index (κ3) is 3.66. The summed E-state index contributed by atoms with van der Waals surface area (Å²) in [7, 11) is 0. The summed E-state index contributed by atoms with van der Waals surface area (Å²) in [5.41, 5.74) is 0. The Balaban J connectivity index is 1.70. The third-order valence-corrected chi connectivity index (χ3v) is 3.37. The van der Waals surface area contributed by atoms with Gasteiger partial charge in [-0.15, -0.1) is 0 Å². The van der Waals surface area contributed by atoms with E-state index in [1.54, 1.807) is 0 Å². The van der Waals surface area contributed by atoms with E-state index in [0.717, 1.165) is 32.5 Å². The van der Waals surface area contributed by atoms with E-state index in [4.69, 9.17) is 14.2 Å². The van der Waals surface area contributed by atoms with E-state index in [0.29, 0.717) is 19.8 Å². The molecule has 5 heteroatoms. The fourth-order valence-electron chi connectivity index (χ4n) is 2.19. The first kappa shape index (κ1) is 12.8. The highest BCUT2D eigenvalue weighted by Gasteiger charge is 2.25. The number of hydrogen-bond donors (Lipinski definition) is 0. The first-order valence-electron chi connectivity index (χ1n) is 6.37. The molecule has 0 aliphatic carbocycles. The maximum Gasteiger partial charge on any atom is 0.323 e. The molecule has 5 nitrogen and oxygen atoms in total. The molecule has 2 aliphatic rings. The van der Waals surface area contributed by atoms with Gasteiger partial charge in [-0.1, -0.05) is 0 Å². The van der Waals surface area contributed by atoms with Crippen molar-refractivity contribution in [1.82, 2.24) is 4.90 Å². The minimum Gasteiger partial charge on any atom is -0.462 e. The molecule has 0 saturated carbocycles. The Morgan fingerprint density at radius 2 is 2.18 bits per heavy atom. The molecule has 0 bridgehead atoms. The van der Waals surface area contributed by atoms with Gasteiger partial charge in [-0.3, -0.25) is 9.69 Å². The number of hydrogen-bond acceptors (Lipinski definition) is 5. The molecular formula is C12H21NO4. The Morgan fingerprint density at radius 1 is 1.41 bits per heavy atom. The lowest BCUT2D eigenvalue weighted by Crippen LogP contribution is -2.46. The van der Waals surface area contributed by atoms with Crippen LogP contribution < -0.4 is 0 Å². The van der Waals surface area contributed by atoms with Crippen LogP contribution in [0.15, 0.2) is 0 Å². The Morgan fingerprint density at radius 3 is 2.82 bits per heavy atom. The topological polar surface area (TPSA) is 48.0 Å². The number of rotatable bonds is 4. The van der Waals surface area contributed by atoms with Crippen LogP contribution in [0, 0.1) is 0 Å². The molecule has 0 aromatic rings. The van der Waals surface area contributed by atoms with Gasteiger partial charge in [0.05, 0.1) is 19.3 Å². The van der Waals surface area contributed by atoms with E-state index in [1.807, 2.05) is 6.92 Å². The summed E-state index contributed by atoms with van der Waals surface area (Å²) in [5, 5.41) is 0. The van der Waals surface area contributed by atoms with Crippen molar-refractivity contribution in [3.8, 4) is 0 Å². The zero-order valence-electron chi connectivity index (χ0n) is 10.4. The minimum atomic E-state index is -0.180. The first-order valence-corrected chi connectivity index (χ1v) is 6.37. The Hall–Kier alpha value is -0.650. The average Bonchev–Trinajstić information content (AvgIpc) is 2.89. The maximum absolute atomic E-state index is 11.8. The van der Waals surface area contributed by atoms with Crippen LogP contribution in [0.2, 0.25) is 0 Å². The van der Waals surface area contributed by atoms with Crippen molar-refractivity contribution in [3.05, 3.63) is 0 Å². The lowest BCUT2D eigenvalue weighted by molar-refractivity contribution is -0.154. The highest BCUT2D eigenvalue weighted by atomic mass is 16.6. The summed E-state index contributed by atoms with van der Waals surface area (Å²) in [4.78, 5) is 13.9. The molecule has 2 saturated heterocycles. The molecule has 0 aromatic carbocycles. The second kappa shape index (κ2) is 6.33. The molecule has 0 aromatic heterocycles. The maximum atomic E-state index is 11.8. The summed E-state index contributed by atoms with van der Waals surface area (Å²) < 4.78 is 16.0. The molecule has 0 spiro atoms. The standard InChI is InChI=1S/C12H21NO4/c1-10(13-4-7-15-8-5-13)12(14)17-9-11-3-2-6-16-11/h10-11H,2-9H2,1H3. The number of carbonyl (C=O) groups excluding carboxylic acids is 1. The predicted molar refractivity (Wildman–Crippen MR) is 61.8 cm³/mol. The monoisotopic (exact) mass is 243 g/mol. The second-order valence-electron chi connectivity index (χ2n) is 4.59. The molecule has 2 heterocycles. The summed E-state index contributed by atoms with van der Waals surface area (Å²) >= 11 is 0. The van der Waals surface area contributed by atoms with Gasteiger partial charge in [-0.2, -0.15) is 0 Å².